The van der Waals surface area contributed by atoms with Crippen molar-refractivity contribution in [3.8, 4) is 0 Å². The van der Waals surface area contributed by atoms with Gasteiger partial charge in [0.25, 0.3) is 5.91 Å². The third-order valence-corrected chi connectivity index (χ3v) is 2.63. The number of rotatable bonds is 2. The molecule has 15 heavy (non-hydrogen) atoms. The second-order valence-corrected chi connectivity index (χ2v) is 3.70. The van der Waals surface area contributed by atoms with Gasteiger partial charge < -0.3 is 10.3 Å². The topological polar surface area (TPSA) is 48.0 Å². The molecule has 0 saturated carbocycles. The number of fused-ring (bicyclic) bond motifs is 1. The van der Waals surface area contributed by atoms with Gasteiger partial charge in [0.1, 0.15) is 5.69 Å². The van der Waals surface area contributed by atoms with Crippen molar-refractivity contribution in [2.45, 2.75) is 20.4 Å². The van der Waals surface area contributed by atoms with E-state index in [1.165, 1.54) is 5.56 Å². The van der Waals surface area contributed by atoms with Crippen LogP contribution >= 0.6 is 0 Å². The Morgan fingerprint density at radius 3 is 2.73 bits per heavy atom. The molecule has 0 unspecified atom stereocenters. The summed E-state index contributed by atoms with van der Waals surface area (Å²) in [6, 6.07) is 7.99. The third kappa shape index (κ3) is 1.50. The molecule has 0 radical (unpaired) electrons. The van der Waals surface area contributed by atoms with Gasteiger partial charge in [0.2, 0.25) is 0 Å². The fraction of sp³-hybridized carbons (Fsp3) is 0.250. The summed E-state index contributed by atoms with van der Waals surface area (Å²) in [6.45, 7) is 4.79. The number of hydrogen-bond donors (Lipinski definition) is 1. The number of amides is 1. The molecule has 0 atom stereocenters. The van der Waals surface area contributed by atoms with Crippen molar-refractivity contribution in [2.24, 2.45) is 5.73 Å². The van der Waals surface area contributed by atoms with E-state index in [1.54, 1.807) is 0 Å². The average molecular weight is 202 g/mol. The maximum atomic E-state index is 11.2. The lowest BCUT2D eigenvalue weighted by molar-refractivity contribution is 0.0992. The first kappa shape index (κ1) is 9.77. The molecule has 0 aliphatic carbocycles. The van der Waals surface area contributed by atoms with Crippen LogP contribution in [0.1, 0.15) is 23.0 Å². The lowest BCUT2D eigenvalue weighted by Gasteiger charge is -2.04. The van der Waals surface area contributed by atoms with E-state index >= 15 is 0 Å². The van der Waals surface area contributed by atoms with Gasteiger partial charge in [0.15, 0.2) is 0 Å². The molecule has 3 nitrogen and oxygen atoms in total. The van der Waals surface area contributed by atoms with Crippen molar-refractivity contribution in [3.63, 3.8) is 0 Å². The SMILES string of the molecule is CCn1c(C(N)=O)cc2cc(C)ccc21. The van der Waals surface area contributed by atoms with Gasteiger partial charge in [-0.3, -0.25) is 4.79 Å². The highest BCUT2D eigenvalue weighted by Crippen LogP contribution is 2.20. The molecule has 1 aromatic carbocycles. The molecule has 0 saturated heterocycles. The first-order valence-electron chi connectivity index (χ1n) is 5.03. The summed E-state index contributed by atoms with van der Waals surface area (Å²) < 4.78 is 1.94. The minimum Gasteiger partial charge on any atom is -0.364 e. The average Bonchev–Trinajstić information content (AvgIpc) is 2.55. The van der Waals surface area contributed by atoms with E-state index in [0.29, 0.717) is 5.69 Å². The van der Waals surface area contributed by atoms with Crippen LogP contribution < -0.4 is 5.73 Å². The molecule has 0 bridgehead atoms. The van der Waals surface area contributed by atoms with Crippen LogP contribution in [0, 0.1) is 6.92 Å². The quantitative estimate of drug-likeness (QED) is 0.796. The summed E-state index contributed by atoms with van der Waals surface area (Å²) in [7, 11) is 0. The minimum atomic E-state index is -0.370. The lowest BCUT2D eigenvalue weighted by atomic mass is 10.2. The van der Waals surface area contributed by atoms with Crippen LogP contribution in [-0.4, -0.2) is 10.5 Å². The number of benzene rings is 1. The van der Waals surface area contributed by atoms with Crippen molar-refractivity contribution >= 4 is 16.8 Å². The molecule has 2 rings (SSSR count). The minimum absolute atomic E-state index is 0.370. The van der Waals surface area contributed by atoms with Crippen molar-refractivity contribution < 1.29 is 4.79 Å². The maximum absolute atomic E-state index is 11.2. The van der Waals surface area contributed by atoms with E-state index in [-0.39, 0.29) is 5.91 Å². The Morgan fingerprint density at radius 1 is 1.40 bits per heavy atom. The number of aryl methyl sites for hydroxylation is 2. The molecule has 78 valence electrons. The Hall–Kier alpha value is -1.77. The highest BCUT2D eigenvalue weighted by atomic mass is 16.1. The summed E-state index contributed by atoms with van der Waals surface area (Å²) in [5, 5.41) is 1.07. The summed E-state index contributed by atoms with van der Waals surface area (Å²) in [5.74, 6) is -0.370. The fourth-order valence-corrected chi connectivity index (χ4v) is 1.94. The van der Waals surface area contributed by atoms with Crippen LogP contribution in [0.15, 0.2) is 24.3 Å². The van der Waals surface area contributed by atoms with E-state index in [1.807, 2.05) is 36.6 Å². The Labute approximate surface area is 88.5 Å². The predicted molar refractivity (Wildman–Crippen MR) is 60.9 cm³/mol. The Morgan fingerprint density at radius 2 is 2.13 bits per heavy atom. The van der Waals surface area contributed by atoms with E-state index < -0.39 is 0 Å². The predicted octanol–water partition coefficient (Wildman–Crippen LogP) is 2.07. The summed E-state index contributed by atoms with van der Waals surface area (Å²) in [5.41, 5.74) is 8.17. The maximum Gasteiger partial charge on any atom is 0.265 e. The number of nitrogens with zero attached hydrogens (tertiary/aromatic N) is 1. The number of carbonyl (C=O) groups is 1. The second kappa shape index (κ2) is 3.42. The van der Waals surface area contributed by atoms with E-state index in [0.717, 1.165) is 17.4 Å². The molecule has 2 N–H and O–H groups in total. The zero-order valence-corrected chi connectivity index (χ0v) is 8.95. The number of primary amides is 1. The standard InChI is InChI=1S/C12H14N2O/c1-3-14-10-5-4-8(2)6-9(10)7-11(14)12(13)15/h4-7H,3H2,1-2H3,(H2,13,15). The zero-order valence-electron chi connectivity index (χ0n) is 8.95. The highest BCUT2D eigenvalue weighted by Gasteiger charge is 2.11. The largest absolute Gasteiger partial charge is 0.364 e. The fourth-order valence-electron chi connectivity index (χ4n) is 1.94. The van der Waals surface area contributed by atoms with Gasteiger partial charge in [-0.05, 0) is 32.0 Å². The van der Waals surface area contributed by atoms with E-state index in [2.05, 4.69) is 6.07 Å². The second-order valence-electron chi connectivity index (χ2n) is 3.70. The molecule has 0 fully saturated rings. The van der Waals surface area contributed by atoms with Gasteiger partial charge in [0.05, 0.1) is 0 Å². The van der Waals surface area contributed by atoms with Gasteiger partial charge in [-0.15, -0.1) is 0 Å². The summed E-state index contributed by atoms with van der Waals surface area (Å²) >= 11 is 0. The normalized spacial score (nSPS) is 10.8. The van der Waals surface area contributed by atoms with Crippen molar-refractivity contribution in [2.75, 3.05) is 0 Å². The Balaban J connectivity index is 2.78. The summed E-state index contributed by atoms with van der Waals surface area (Å²) in [6.07, 6.45) is 0. The molecule has 0 aliphatic rings. The lowest BCUT2D eigenvalue weighted by Crippen LogP contribution is -2.16. The van der Waals surface area contributed by atoms with Crippen LogP contribution in [0.3, 0.4) is 0 Å². The van der Waals surface area contributed by atoms with Crippen molar-refractivity contribution in [1.29, 1.82) is 0 Å². The number of hydrogen-bond acceptors (Lipinski definition) is 1. The highest BCUT2D eigenvalue weighted by molar-refractivity contribution is 5.97. The first-order valence-corrected chi connectivity index (χ1v) is 5.03. The zero-order chi connectivity index (χ0) is 11.0. The Kier molecular flexibility index (Phi) is 2.23. The van der Waals surface area contributed by atoms with Gasteiger partial charge in [-0.1, -0.05) is 11.6 Å². The van der Waals surface area contributed by atoms with Crippen molar-refractivity contribution in [1.82, 2.24) is 4.57 Å². The van der Waals surface area contributed by atoms with Gasteiger partial charge in [-0.25, -0.2) is 0 Å². The number of nitrogens with two attached hydrogens (primary N) is 1. The van der Waals surface area contributed by atoms with E-state index in [4.69, 9.17) is 5.73 Å². The van der Waals surface area contributed by atoms with Gasteiger partial charge >= 0.3 is 0 Å². The first-order chi connectivity index (χ1) is 7.13. The van der Waals surface area contributed by atoms with Crippen LogP contribution in [0.4, 0.5) is 0 Å². The molecule has 3 heteroatoms. The summed E-state index contributed by atoms with van der Waals surface area (Å²) in [4.78, 5) is 11.2. The molecule has 1 aromatic heterocycles. The van der Waals surface area contributed by atoms with Crippen LogP contribution in [0.25, 0.3) is 10.9 Å². The Bertz CT molecular complexity index is 526. The van der Waals surface area contributed by atoms with Gasteiger partial charge in [-0.2, -0.15) is 0 Å². The van der Waals surface area contributed by atoms with Crippen LogP contribution in [0.2, 0.25) is 0 Å². The molecule has 0 aliphatic heterocycles. The van der Waals surface area contributed by atoms with Crippen LogP contribution in [-0.2, 0) is 6.54 Å². The smallest absolute Gasteiger partial charge is 0.265 e. The monoisotopic (exact) mass is 202 g/mol. The van der Waals surface area contributed by atoms with E-state index in [9.17, 15) is 4.79 Å². The van der Waals surface area contributed by atoms with Gasteiger partial charge in [0, 0.05) is 17.4 Å². The molecular formula is C12H14N2O. The molecule has 2 aromatic rings. The molecule has 0 spiro atoms. The van der Waals surface area contributed by atoms with Crippen molar-refractivity contribution in [3.05, 3.63) is 35.5 Å². The third-order valence-electron chi connectivity index (χ3n) is 2.63. The number of aromatic nitrogens is 1. The molecular weight excluding hydrogens is 188 g/mol. The molecule has 1 heterocycles. The number of carbonyl (C=O) groups excluding carboxylic acids is 1. The molecule has 1 amide bonds. The van der Waals surface area contributed by atoms with Crippen LogP contribution in [0.5, 0.6) is 0 Å².